The fourth-order valence-corrected chi connectivity index (χ4v) is 6.59. The van der Waals surface area contributed by atoms with E-state index in [0.29, 0.717) is 4.88 Å². The Labute approximate surface area is 206 Å². The summed E-state index contributed by atoms with van der Waals surface area (Å²) in [5.74, 6) is 0.0726. The first-order valence-electron chi connectivity index (χ1n) is 11.8. The number of benzene rings is 1. The van der Waals surface area contributed by atoms with E-state index in [4.69, 9.17) is 4.74 Å². The molecule has 2 unspecified atom stereocenters. The largest absolute Gasteiger partial charge is 0.379 e. The number of ether oxygens (including phenoxy) is 1. The van der Waals surface area contributed by atoms with Crippen molar-refractivity contribution >= 4 is 55.8 Å². The highest BCUT2D eigenvalue weighted by Crippen LogP contribution is 2.52. The second-order valence-corrected chi connectivity index (χ2v) is 10.4. The van der Waals surface area contributed by atoms with Crippen molar-refractivity contribution in [3.05, 3.63) is 53.2 Å². The number of aryl methyl sites for hydroxylation is 1. The van der Waals surface area contributed by atoms with E-state index in [-0.39, 0.29) is 23.6 Å². The molecule has 2 fully saturated rings. The second kappa shape index (κ2) is 8.07. The Kier molecular flexibility index (Phi) is 5.08. The fourth-order valence-electron chi connectivity index (χ4n) is 5.56. The van der Waals surface area contributed by atoms with Crippen LogP contribution in [-0.2, 0) is 4.74 Å². The molecule has 2 aliphatic rings. The van der Waals surface area contributed by atoms with Gasteiger partial charge in [-0.15, -0.1) is 11.3 Å². The summed E-state index contributed by atoms with van der Waals surface area (Å²) < 4.78 is 8.20. The number of fused-ring (bicyclic) bond motifs is 2. The van der Waals surface area contributed by atoms with Crippen molar-refractivity contribution in [2.75, 3.05) is 26.0 Å². The van der Waals surface area contributed by atoms with E-state index in [2.05, 4.69) is 15.6 Å². The molecule has 0 bridgehead atoms. The van der Waals surface area contributed by atoms with Crippen molar-refractivity contribution in [2.45, 2.75) is 37.8 Å². The van der Waals surface area contributed by atoms with Crippen LogP contribution >= 0.6 is 11.3 Å². The van der Waals surface area contributed by atoms with E-state index in [1.54, 1.807) is 24.9 Å². The smallest absolute Gasteiger partial charge is 0.325 e. The van der Waals surface area contributed by atoms with Crippen molar-refractivity contribution in [3.63, 3.8) is 0 Å². The Morgan fingerprint density at radius 1 is 1.23 bits per heavy atom. The predicted molar refractivity (Wildman–Crippen MR) is 138 cm³/mol. The Bertz CT molecular complexity index is 1490. The van der Waals surface area contributed by atoms with Crippen molar-refractivity contribution in [3.8, 4) is 0 Å². The topological polar surface area (TPSA) is 88.5 Å². The molecule has 0 radical (unpaired) electrons. The lowest BCUT2D eigenvalue weighted by molar-refractivity contribution is 0.0625. The van der Waals surface area contributed by atoms with Crippen LogP contribution in [0.15, 0.2) is 42.6 Å². The number of anilines is 2. The van der Waals surface area contributed by atoms with Crippen LogP contribution in [0.3, 0.4) is 0 Å². The third kappa shape index (κ3) is 3.41. The summed E-state index contributed by atoms with van der Waals surface area (Å²) in [6, 6.07) is 11.6. The first kappa shape index (κ1) is 22.1. The first-order valence-corrected chi connectivity index (χ1v) is 12.6. The second-order valence-electron chi connectivity index (χ2n) is 9.35. The van der Waals surface area contributed by atoms with Gasteiger partial charge in [-0.2, -0.15) is 0 Å². The summed E-state index contributed by atoms with van der Waals surface area (Å²) in [6.07, 6.45) is 4.86. The molecule has 1 aromatic carbocycles. The molecule has 2 atom stereocenters. The maximum Gasteiger partial charge on any atom is 0.325 e. The molecular formula is C26H27N5O3S. The molecular weight excluding hydrogens is 462 g/mol. The van der Waals surface area contributed by atoms with Crippen LogP contribution in [0.4, 0.5) is 16.2 Å². The van der Waals surface area contributed by atoms with E-state index >= 15 is 0 Å². The van der Waals surface area contributed by atoms with E-state index < -0.39 is 0 Å². The standard InChI is InChI=1S/C26H27N5O3S/c1-15-11-16-12-17(5-6-20(16)31(15)25(33)27-2)29-18-7-9-28-19-13-21(35-23(18)19)24(32)30-10-4-8-26(30)14-22(26)34-3/h5-7,9,11-13,22H,4,8,10,14H2,1-3H3,(H,27,33)(H,28,29). The molecule has 8 nitrogen and oxygen atoms in total. The van der Waals surface area contributed by atoms with Gasteiger partial charge in [-0.3, -0.25) is 14.3 Å². The van der Waals surface area contributed by atoms with Gasteiger partial charge in [0.2, 0.25) is 0 Å². The van der Waals surface area contributed by atoms with Crippen molar-refractivity contribution < 1.29 is 14.3 Å². The van der Waals surface area contributed by atoms with Crippen LogP contribution in [0.5, 0.6) is 0 Å². The number of carbonyl (C=O) groups excluding carboxylic acids is 2. The fraction of sp³-hybridized carbons (Fsp3) is 0.346. The Morgan fingerprint density at radius 2 is 2.09 bits per heavy atom. The normalized spacial score (nSPS) is 21.2. The molecule has 180 valence electrons. The molecule has 4 aromatic rings. The van der Waals surface area contributed by atoms with Gasteiger partial charge in [0.05, 0.1) is 37.9 Å². The van der Waals surface area contributed by atoms with Gasteiger partial charge in [-0.1, -0.05) is 0 Å². The van der Waals surface area contributed by atoms with Crippen molar-refractivity contribution in [2.24, 2.45) is 0 Å². The lowest BCUT2D eigenvalue weighted by atomic mass is 10.2. The number of hydrogen-bond acceptors (Lipinski definition) is 6. The van der Waals surface area contributed by atoms with E-state index in [1.807, 2.05) is 48.2 Å². The van der Waals surface area contributed by atoms with E-state index in [0.717, 1.165) is 64.0 Å². The molecule has 1 saturated carbocycles. The van der Waals surface area contributed by atoms with Crippen molar-refractivity contribution in [1.29, 1.82) is 0 Å². The number of likely N-dealkylation sites (tertiary alicyclic amines) is 1. The van der Waals surface area contributed by atoms with Gasteiger partial charge in [0.15, 0.2) is 0 Å². The number of hydrogen-bond donors (Lipinski definition) is 2. The highest BCUT2D eigenvalue weighted by Gasteiger charge is 2.62. The Balaban J connectivity index is 1.31. The van der Waals surface area contributed by atoms with Gasteiger partial charge >= 0.3 is 6.03 Å². The molecule has 1 spiro atoms. The van der Waals surface area contributed by atoms with E-state index in [9.17, 15) is 9.59 Å². The minimum atomic E-state index is -0.160. The minimum Gasteiger partial charge on any atom is -0.379 e. The number of nitrogens with one attached hydrogen (secondary N) is 2. The summed E-state index contributed by atoms with van der Waals surface area (Å²) >= 11 is 1.48. The van der Waals surface area contributed by atoms with Gasteiger partial charge in [0.1, 0.15) is 0 Å². The van der Waals surface area contributed by atoms with Gasteiger partial charge in [0.25, 0.3) is 5.91 Å². The number of amides is 2. The Hall–Kier alpha value is -3.43. The molecule has 2 amide bonds. The van der Waals surface area contributed by atoms with Crippen molar-refractivity contribution in [1.82, 2.24) is 19.8 Å². The van der Waals surface area contributed by atoms with Gasteiger partial charge < -0.3 is 20.3 Å². The lowest BCUT2D eigenvalue weighted by Gasteiger charge is -2.24. The van der Waals surface area contributed by atoms with Crippen LogP contribution in [-0.4, -0.2) is 58.7 Å². The maximum absolute atomic E-state index is 13.5. The molecule has 9 heteroatoms. The third-order valence-corrected chi connectivity index (χ3v) is 8.49. The number of nitrogens with zero attached hydrogens (tertiary/aromatic N) is 3. The zero-order chi connectivity index (χ0) is 24.3. The minimum absolute atomic E-state index is 0.0726. The monoisotopic (exact) mass is 489 g/mol. The van der Waals surface area contributed by atoms with Crippen LogP contribution in [0.2, 0.25) is 0 Å². The van der Waals surface area contributed by atoms with Gasteiger partial charge in [0, 0.05) is 50.1 Å². The number of carbonyl (C=O) groups is 2. The zero-order valence-corrected chi connectivity index (χ0v) is 20.7. The average molecular weight is 490 g/mol. The highest BCUT2D eigenvalue weighted by atomic mass is 32.1. The summed E-state index contributed by atoms with van der Waals surface area (Å²) in [7, 11) is 3.36. The molecule has 1 saturated heterocycles. The van der Waals surface area contributed by atoms with Gasteiger partial charge in [-0.05, 0) is 56.2 Å². The molecule has 3 aromatic heterocycles. The summed E-state index contributed by atoms with van der Waals surface area (Å²) in [5, 5.41) is 7.15. The molecule has 4 heterocycles. The third-order valence-electron chi connectivity index (χ3n) is 7.34. The molecule has 6 rings (SSSR count). The number of rotatable bonds is 4. The number of thiophene rings is 1. The summed E-state index contributed by atoms with van der Waals surface area (Å²) in [5.41, 5.74) is 4.21. The summed E-state index contributed by atoms with van der Waals surface area (Å²) in [4.78, 5) is 33.0. The molecule has 1 aliphatic carbocycles. The molecule has 2 N–H and O–H groups in total. The maximum atomic E-state index is 13.5. The number of aromatic nitrogens is 2. The number of pyridine rings is 1. The highest BCUT2D eigenvalue weighted by molar-refractivity contribution is 7.21. The van der Waals surface area contributed by atoms with Crippen LogP contribution in [0.25, 0.3) is 21.1 Å². The van der Waals surface area contributed by atoms with Crippen LogP contribution < -0.4 is 10.6 Å². The SMILES string of the molecule is CNC(=O)n1c(C)cc2cc(Nc3ccnc4cc(C(=O)N5CCCC56CC6OC)sc34)ccc21. The zero-order valence-electron chi connectivity index (χ0n) is 19.9. The quantitative estimate of drug-likeness (QED) is 0.426. The van der Waals surface area contributed by atoms with E-state index in [1.165, 1.54) is 11.3 Å². The Morgan fingerprint density at radius 3 is 2.86 bits per heavy atom. The average Bonchev–Trinajstić information content (AvgIpc) is 3.15. The predicted octanol–water partition coefficient (Wildman–Crippen LogP) is 4.88. The molecule has 35 heavy (non-hydrogen) atoms. The lowest BCUT2D eigenvalue weighted by Crippen LogP contribution is -2.39. The summed E-state index contributed by atoms with van der Waals surface area (Å²) in [6.45, 7) is 2.69. The van der Waals surface area contributed by atoms with Crippen LogP contribution in [0.1, 0.15) is 34.6 Å². The van der Waals surface area contributed by atoms with Gasteiger partial charge in [-0.25, -0.2) is 4.79 Å². The first-order chi connectivity index (χ1) is 16.9. The number of methoxy groups -OCH3 is 1. The van der Waals surface area contributed by atoms with Crippen LogP contribution in [0, 0.1) is 6.92 Å². The molecule has 1 aliphatic heterocycles.